The van der Waals surface area contributed by atoms with Crippen LogP contribution in [0.2, 0.25) is 0 Å². The maximum Gasteiger partial charge on any atom is 0.247 e. The second-order valence-electron chi connectivity index (χ2n) is 8.51. The van der Waals surface area contributed by atoms with Crippen LogP contribution in [0.15, 0.2) is 60.8 Å². The van der Waals surface area contributed by atoms with Crippen LogP contribution in [0.5, 0.6) is 5.75 Å². The number of carbonyl (C=O) groups is 2. The predicted octanol–water partition coefficient (Wildman–Crippen LogP) is 3.56. The number of rotatable bonds is 4. The Morgan fingerprint density at radius 1 is 1.19 bits per heavy atom. The molecule has 2 aromatic carbocycles. The molecule has 5 heterocycles. The Morgan fingerprint density at radius 3 is 2.84 bits per heavy atom. The van der Waals surface area contributed by atoms with Crippen LogP contribution in [0.3, 0.4) is 0 Å². The molecule has 0 spiro atoms. The van der Waals surface area contributed by atoms with Crippen molar-refractivity contribution in [3.8, 4) is 5.75 Å². The Bertz CT molecular complexity index is 1210. The highest BCUT2D eigenvalue weighted by Gasteiger charge is 2.69. The highest BCUT2D eigenvalue weighted by atomic mass is 16.6. The number of nitrogens with zero attached hydrogens (tertiary/aromatic N) is 2. The fourth-order valence-electron chi connectivity index (χ4n) is 5.59. The Balaban J connectivity index is 1.51. The van der Waals surface area contributed by atoms with E-state index in [2.05, 4.69) is 4.98 Å². The topological polar surface area (TPSA) is 68.7 Å². The monoisotopic (exact) mass is 414 g/mol. The van der Waals surface area contributed by atoms with E-state index < -0.39 is 5.72 Å². The quantitative estimate of drug-likeness (QED) is 0.480. The van der Waals surface area contributed by atoms with Gasteiger partial charge in [0.05, 0.1) is 12.6 Å². The summed E-state index contributed by atoms with van der Waals surface area (Å²) >= 11 is 0. The van der Waals surface area contributed by atoms with Crippen molar-refractivity contribution in [2.75, 3.05) is 13.7 Å². The van der Waals surface area contributed by atoms with E-state index in [9.17, 15) is 9.59 Å². The lowest BCUT2D eigenvalue weighted by Crippen LogP contribution is -2.68. The molecular formula is C25H22N2O4. The molecule has 0 aliphatic carbocycles. The molecule has 0 saturated carbocycles. The van der Waals surface area contributed by atoms with Crippen LogP contribution in [-0.2, 0) is 9.53 Å². The number of ether oxygens (including phenoxy) is 2. The van der Waals surface area contributed by atoms with Gasteiger partial charge in [0.1, 0.15) is 11.9 Å². The normalized spacial score (nSPS) is 31.2. The smallest absolute Gasteiger partial charge is 0.247 e. The zero-order valence-corrected chi connectivity index (χ0v) is 17.2. The molecule has 4 aliphatic rings. The van der Waals surface area contributed by atoms with Crippen molar-refractivity contribution in [1.29, 1.82) is 0 Å². The molecule has 7 rings (SSSR count). The van der Waals surface area contributed by atoms with Gasteiger partial charge in [-0.25, -0.2) is 0 Å². The number of hydrogen-bond donors (Lipinski definition) is 0. The average molecular weight is 414 g/mol. The molecule has 31 heavy (non-hydrogen) atoms. The molecule has 6 nitrogen and oxygen atoms in total. The van der Waals surface area contributed by atoms with Crippen LogP contribution in [0.1, 0.15) is 34.9 Å². The van der Waals surface area contributed by atoms with Crippen molar-refractivity contribution in [2.24, 2.45) is 5.92 Å². The molecule has 0 amide bonds. The first-order valence-corrected chi connectivity index (χ1v) is 10.6. The maximum absolute atomic E-state index is 13.7. The highest BCUT2D eigenvalue weighted by molar-refractivity contribution is 6.19. The Morgan fingerprint density at radius 2 is 2.03 bits per heavy atom. The summed E-state index contributed by atoms with van der Waals surface area (Å²) in [6.07, 6.45) is 2.86. The second kappa shape index (κ2) is 6.70. The summed E-state index contributed by atoms with van der Waals surface area (Å²) in [6.45, 7) is 0.683. The number of Topliss-reactive ketones (excluding diaryl/α,β-unsaturated/α-hetero) is 2. The number of aromatic nitrogens is 1. The van der Waals surface area contributed by atoms with Crippen LogP contribution in [0.4, 0.5) is 0 Å². The zero-order valence-electron chi connectivity index (χ0n) is 17.2. The van der Waals surface area contributed by atoms with Gasteiger partial charge < -0.3 is 9.47 Å². The SMILES string of the molecule is COc1ccc2nccc([C@@H]3O[C@@]4(C(=O)c5ccccc5)C(=O)[C@H]5CCN4[C@@H]3C5)c2c1. The summed E-state index contributed by atoms with van der Waals surface area (Å²) in [7, 11) is 1.63. The number of piperidine rings is 3. The van der Waals surface area contributed by atoms with Crippen molar-refractivity contribution in [2.45, 2.75) is 30.7 Å². The first-order valence-electron chi connectivity index (χ1n) is 10.6. The zero-order chi connectivity index (χ0) is 21.2. The van der Waals surface area contributed by atoms with Gasteiger partial charge in [0, 0.05) is 35.7 Å². The number of carbonyl (C=O) groups excluding carboxylic acids is 2. The van der Waals surface area contributed by atoms with Crippen LogP contribution < -0.4 is 4.74 Å². The van der Waals surface area contributed by atoms with E-state index >= 15 is 0 Å². The third kappa shape index (κ3) is 2.49. The molecule has 156 valence electrons. The third-order valence-electron chi connectivity index (χ3n) is 7.03. The molecule has 4 saturated heterocycles. The number of methoxy groups -OCH3 is 1. The summed E-state index contributed by atoms with van der Waals surface area (Å²) in [5.41, 5.74) is 0.742. The van der Waals surface area contributed by atoms with Gasteiger partial charge in [0.2, 0.25) is 11.5 Å². The van der Waals surface area contributed by atoms with E-state index in [-0.39, 0.29) is 29.6 Å². The lowest BCUT2D eigenvalue weighted by molar-refractivity contribution is -0.164. The molecular weight excluding hydrogens is 392 g/mol. The summed E-state index contributed by atoms with van der Waals surface area (Å²) in [4.78, 5) is 33.7. The number of ketones is 2. The van der Waals surface area contributed by atoms with E-state index in [4.69, 9.17) is 9.47 Å². The molecule has 4 aliphatic heterocycles. The van der Waals surface area contributed by atoms with E-state index in [1.807, 2.05) is 47.4 Å². The Kier molecular flexibility index (Phi) is 4.04. The lowest BCUT2D eigenvalue weighted by Gasteiger charge is -2.48. The van der Waals surface area contributed by atoms with Gasteiger partial charge in [-0.2, -0.15) is 0 Å². The van der Waals surface area contributed by atoms with Gasteiger partial charge in [-0.1, -0.05) is 30.3 Å². The van der Waals surface area contributed by atoms with Crippen molar-refractivity contribution in [1.82, 2.24) is 9.88 Å². The van der Waals surface area contributed by atoms with Crippen LogP contribution in [0.25, 0.3) is 10.9 Å². The minimum atomic E-state index is -1.54. The van der Waals surface area contributed by atoms with Crippen molar-refractivity contribution in [3.63, 3.8) is 0 Å². The second-order valence-corrected chi connectivity index (χ2v) is 8.51. The minimum absolute atomic E-state index is 0.0269. The number of fused-ring (bicyclic) bond motifs is 2. The largest absolute Gasteiger partial charge is 0.497 e. The van der Waals surface area contributed by atoms with Gasteiger partial charge in [-0.15, -0.1) is 0 Å². The Hall–Kier alpha value is -3.09. The van der Waals surface area contributed by atoms with E-state index in [1.54, 1.807) is 25.4 Å². The molecule has 5 atom stereocenters. The first kappa shape index (κ1) is 18.7. The first-order chi connectivity index (χ1) is 15.1. The molecule has 3 aromatic rings. The molecule has 0 N–H and O–H groups in total. The summed E-state index contributed by atoms with van der Waals surface area (Å²) in [5.74, 6) is 0.235. The maximum atomic E-state index is 13.7. The van der Waals surface area contributed by atoms with Gasteiger partial charge in [0.25, 0.3) is 0 Å². The molecule has 4 fully saturated rings. The van der Waals surface area contributed by atoms with E-state index in [0.29, 0.717) is 18.5 Å². The van der Waals surface area contributed by atoms with Gasteiger partial charge in [-0.05, 0) is 42.7 Å². The highest BCUT2D eigenvalue weighted by Crippen LogP contribution is 2.54. The van der Waals surface area contributed by atoms with Gasteiger partial charge in [-0.3, -0.25) is 19.5 Å². The molecule has 4 bridgehead atoms. The molecule has 6 heteroatoms. The predicted molar refractivity (Wildman–Crippen MR) is 114 cm³/mol. The Labute approximate surface area is 179 Å². The van der Waals surface area contributed by atoms with Crippen molar-refractivity contribution in [3.05, 3.63) is 71.9 Å². The van der Waals surface area contributed by atoms with E-state index in [0.717, 1.165) is 28.6 Å². The molecule has 1 aromatic heterocycles. The van der Waals surface area contributed by atoms with Crippen molar-refractivity contribution >= 4 is 22.5 Å². The van der Waals surface area contributed by atoms with E-state index in [1.165, 1.54) is 0 Å². The minimum Gasteiger partial charge on any atom is -0.497 e. The summed E-state index contributed by atoms with van der Waals surface area (Å²) in [6, 6.07) is 16.7. The van der Waals surface area contributed by atoms with Gasteiger partial charge >= 0.3 is 0 Å². The number of hydrogen-bond acceptors (Lipinski definition) is 6. The standard InChI is InChI=1S/C25H22N2O4/c1-30-17-7-8-20-19(14-17)18(9-11-26-20)22-21-13-16-10-12-27(21)25(31-22,24(16)29)23(28)15-5-3-2-4-6-15/h2-9,11,14,16,21-22H,10,12-13H2,1H3/t16-,21+,22-,25-/m0/s1. The summed E-state index contributed by atoms with van der Waals surface area (Å²) < 4.78 is 12.0. The lowest BCUT2D eigenvalue weighted by atomic mass is 9.74. The van der Waals surface area contributed by atoms with Gasteiger partial charge in [0.15, 0.2) is 5.78 Å². The molecule has 0 radical (unpaired) electrons. The number of benzene rings is 2. The fourth-order valence-corrected chi connectivity index (χ4v) is 5.59. The summed E-state index contributed by atoms with van der Waals surface area (Å²) in [5, 5.41) is 0.922. The fraction of sp³-hybridized carbons (Fsp3) is 0.320. The van der Waals surface area contributed by atoms with Crippen LogP contribution in [0, 0.1) is 5.92 Å². The third-order valence-corrected chi connectivity index (χ3v) is 7.03. The van der Waals surface area contributed by atoms with Crippen molar-refractivity contribution < 1.29 is 19.1 Å². The molecule has 1 unspecified atom stereocenters. The van der Waals surface area contributed by atoms with Crippen LogP contribution >= 0.6 is 0 Å². The number of pyridine rings is 1. The van der Waals surface area contributed by atoms with Crippen LogP contribution in [-0.4, -0.2) is 46.9 Å². The average Bonchev–Trinajstić information content (AvgIpc) is 3.13.